The van der Waals surface area contributed by atoms with E-state index in [9.17, 15) is 9.59 Å². The summed E-state index contributed by atoms with van der Waals surface area (Å²) in [4.78, 5) is 24.6. The van der Waals surface area contributed by atoms with E-state index in [1.165, 1.54) is 0 Å². The molecule has 2 fully saturated rings. The largest absolute Gasteiger partial charge is 0.355 e. The minimum Gasteiger partial charge on any atom is -0.355 e. The van der Waals surface area contributed by atoms with Gasteiger partial charge in [-0.1, -0.05) is 0 Å². The van der Waals surface area contributed by atoms with Crippen LogP contribution in [0.15, 0.2) is 0 Å². The molecule has 2 aliphatic heterocycles. The molecule has 2 atom stereocenters. The molecule has 0 aliphatic carbocycles. The monoisotopic (exact) mass is 230 g/mol. The van der Waals surface area contributed by atoms with Gasteiger partial charge in [0.1, 0.15) is 5.38 Å². The number of nitrogens with zero attached hydrogens (tertiary/aromatic N) is 1. The molecule has 2 heterocycles. The van der Waals surface area contributed by atoms with E-state index in [0.29, 0.717) is 19.5 Å². The van der Waals surface area contributed by atoms with E-state index in [2.05, 4.69) is 5.32 Å². The number of nitrogens with one attached hydrogen (secondary N) is 1. The lowest BCUT2D eigenvalue weighted by molar-refractivity contribution is -0.130. The number of likely N-dealkylation sites (tertiary alicyclic amines) is 1. The van der Waals surface area contributed by atoms with Gasteiger partial charge in [0.25, 0.3) is 0 Å². The van der Waals surface area contributed by atoms with Gasteiger partial charge in [-0.25, -0.2) is 0 Å². The molecule has 1 N–H and O–H groups in total. The Morgan fingerprint density at radius 3 is 2.93 bits per heavy atom. The summed E-state index contributed by atoms with van der Waals surface area (Å²) in [7, 11) is 0. The number of halogens is 1. The van der Waals surface area contributed by atoms with Crippen LogP contribution in [-0.4, -0.2) is 41.7 Å². The number of rotatable bonds is 1. The van der Waals surface area contributed by atoms with Crippen LogP contribution in [0.3, 0.4) is 0 Å². The summed E-state index contributed by atoms with van der Waals surface area (Å²) in [6, 6.07) is 0. The fraction of sp³-hybridized carbons (Fsp3) is 0.800. The molecule has 1 spiro atoms. The van der Waals surface area contributed by atoms with E-state index in [4.69, 9.17) is 11.6 Å². The van der Waals surface area contributed by atoms with Crippen LogP contribution in [-0.2, 0) is 9.59 Å². The molecule has 0 saturated carbocycles. The first kappa shape index (κ1) is 10.7. The van der Waals surface area contributed by atoms with E-state index in [1.54, 1.807) is 11.8 Å². The van der Waals surface area contributed by atoms with Crippen LogP contribution < -0.4 is 5.32 Å². The van der Waals surface area contributed by atoms with Crippen molar-refractivity contribution in [3.05, 3.63) is 0 Å². The van der Waals surface area contributed by atoms with Gasteiger partial charge in [-0.05, 0) is 13.3 Å². The Balaban J connectivity index is 2.00. The zero-order chi connectivity index (χ0) is 11.1. The fourth-order valence-corrected chi connectivity index (χ4v) is 2.55. The number of hydrogen-bond donors (Lipinski definition) is 1. The van der Waals surface area contributed by atoms with Gasteiger partial charge in [0.15, 0.2) is 0 Å². The molecule has 0 bridgehead atoms. The molecule has 2 aliphatic rings. The maximum atomic E-state index is 11.7. The maximum absolute atomic E-state index is 11.7. The third kappa shape index (κ3) is 1.95. The SMILES string of the molecule is CC(Cl)C(=O)N1CCC2(CNC(=O)C2)C1. The molecular weight excluding hydrogens is 216 g/mol. The zero-order valence-corrected chi connectivity index (χ0v) is 9.51. The highest BCUT2D eigenvalue weighted by Gasteiger charge is 2.45. The van der Waals surface area contributed by atoms with Crippen molar-refractivity contribution in [3.8, 4) is 0 Å². The smallest absolute Gasteiger partial charge is 0.240 e. The van der Waals surface area contributed by atoms with Gasteiger partial charge in [0.2, 0.25) is 11.8 Å². The second-order valence-electron chi connectivity index (χ2n) is 4.58. The first-order chi connectivity index (χ1) is 7.02. The highest BCUT2D eigenvalue weighted by Crippen LogP contribution is 2.36. The van der Waals surface area contributed by atoms with Crippen LogP contribution in [0.1, 0.15) is 19.8 Å². The summed E-state index contributed by atoms with van der Waals surface area (Å²) in [6.45, 7) is 3.78. The Morgan fingerprint density at radius 1 is 1.67 bits per heavy atom. The van der Waals surface area contributed by atoms with Crippen molar-refractivity contribution < 1.29 is 9.59 Å². The summed E-state index contributed by atoms with van der Waals surface area (Å²) in [6.07, 6.45) is 1.45. The second kappa shape index (κ2) is 3.67. The standard InChI is InChI=1S/C10H15ClN2O2/c1-7(11)9(15)13-3-2-10(6-13)4-8(14)12-5-10/h7H,2-6H2,1H3,(H,12,14). The van der Waals surface area contributed by atoms with Crippen LogP contribution in [0, 0.1) is 5.41 Å². The fourth-order valence-electron chi connectivity index (χ4n) is 2.42. The average molecular weight is 231 g/mol. The molecule has 84 valence electrons. The Morgan fingerprint density at radius 2 is 2.40 bits per heavy atom. The van der Waals surface area contributed by atoms with Crippen LogP contribution in [0.25, 0.3) is 0 Å². The highest BCUT2D eigenvalue weighted by atomic mass is 35.5. The van der Waals surface area contributed by atoms with Crippen molar-refractivity contribution in [1.29, 1.82) is 0 Å². The van der Waals surface area contributed by atoms with Crippen molar-refractivity contribution in [2.75, 3.05) is 19.6 Å². The summed E-state index contributed by atoms with van der Waals surface area (Å²) < 4.78 is 0. The number of carbonyl (C=O) groups excluding carboxylic acids is 2. The Labute approximate surface area is 93.9 Å². The average Bonchev–Trinajstić information content (AvgIpc) is 2.74. The predicted octanol–water partition coefficient (Wildman–Crippen LogP) is 0.352. The molecule has 2 rings (SSSR count). The number of carbonyl (C=O) groups is 2. The molecule has 15 heavy (non-hydrogen) atoms. The lowest BCUT2D eigenvalue weighted by Crippen LogP contribution is -2.36. The van der Waals surface area contributed by atoms with Gasteiger partial charge in [-0.15, -0.1) is 11.6 Å². The van der Waals surface area contributed by atoms with Gasteiger partial charge < -0.3 is 10.2 Å². The Hall–Kier alpha value is -0.770. The Kier molecular flexibility index (Phi) is 2.63. The van der Waals surface area contributed by atoms with Crippen molar-refractivity contribution in [3.63, 3.8) is 0 Å². The predicted molar refractivity (Wildman–Crippen MR) is 56.6 cm³/mol. The summed E-state index contributed by atoms with van der Waals surface area (Å²) in [5.74, 6) is 0.0797. The van der Waals surface area contributed by atoms with Crippen LogP contribution >= 0.6 is 11.6 Å². The molecule has 0 aromatic heterocycles. The van der Waals surface area contributed by atoms with E-state index >= 15 is 0 Å². The van der Waals surface area contributed by atoms with Crippen molar-refractivity contribution in [1.82, 2.24) is 10.2 Å². The van der Waals surface area contributed by atoms with Crippen LogP contribution in [0.5, 0.6) is 0 Å². The maximum Gasteiger partial charge on any atom is 0.240 e. The lowest BCUT2D eigenvalue weighted by Gasteiger charge is -2.22. The van der Waals surface area contributed by atoms with E-state index in [-0.39, 0.29) is 17.2 Å². The number of alkyl halides is 1. The molecule has 4 nitrogen and oxygen atoms in total. The molecule has 5 heteroatoms. The molecule has 2 unspecified atom stereocenters. The highest BCUT2D eigenvalue weighted by molar-refractivity contribution is 6.30. The molecule has 2 amide bonds. The van der Waals surface area contributed by atoms with Gasteiger partial charge in [0, 0.05) is 31.5 Å². The van der Waals surface area contributed by atoms with E-state index < -0.39 is 5.38 Å². The quantitative estimate of drug-likeness (QED) is 0.661. The van der Waals surface area contributed by atoms with Gasteiger partial charge in [0.05, 0.1) is 0 Å². The molecule has 2 saturated heterocycles. The first-order valence-electron chi connectivity index (χ1n) is 5.22. The topological polar surface area (TPSA) is 49.4 Å². The van der Waals surface area contributed by atoms with Gasteiger partial charge >= 0.3 is 0 Å². The normalized spacial score (nSPS) is 32.1. The number of hydrogen-bond acceptors (Lipinski definition) is 2. The third-order valence-corrected chi connectivity index (χ3v) is 3.47. The summed E-state index contributed by atoms with van der Waals surface area (Å²) >= 11 is 5.76. The molecule has 0 radical (unpaired) electrons. The third-order valence-electron chi connectivity index (χ3n) is 3.29. The molecular formula is C10H15ClN2O2. The minimum atomic E-state index is -0.467. The molecule has 0 aromatic carbocycles. The first-order valence-corrected chi connectivity index (χ1v) is 5.66. The summed E-state index contributed by atoms with van der Waals surface area (Å²) in [5.41, 5.74) is -0.0154. The second-order valence-corrected chi connectivity index (χ2v) is 5.23. The van der Waals surface area contributed by atoms with Crippen molar-refractivity contribution in [2.45, 2.75) is 25.1 Å². The minimum absolute atomic E-state index is 0.0154. The van der Waals surface area contributed by atoms with E-state index in [1.807, 2.05) is 0 Å². The lowest BCUT2D eigenvalue weighted by atomic mass is 9.86. The number of amides is 2. The van der Waals surface area contributed by atoms with Crippen molar-refractivity contribution in [2.24, 2.45) is 5.41 Å². The van der Waals surface area contributed by atoms with Gasteiger partial charge in [-0.2, -0.15) is 0 Å². The van der Waals surface area contributed by atoms with Crippen molar-refractivity contribution >= 4 is 23.4 Å². The molecule has 0 aromatic rings. The Bertz CT molecular complexity index is 306. The van der Waals surface area contributed by atoms with E-state index in [0.717, 1.165) is 13.0 Å². The van der Waals surface area contributed by atoms with Crippen LogP contribution in [0.2, 0.25) is 0 Å². The zero-order valence-electron chi connectivity index (χ0n) is 8.75. The summed E-state index contributed by atoms with van der Waals surface area (Å²) in [5, 5.41) is 2.36. The van der Waals surface area contributed by atoms with Gasteiger partial charge in [-0.3, -0.25) is 9.59 Å². The van der Waals surface area contributed by atoms with Crippen LogP contribution in [0.4, 0.5) is 0 Å².